The zero-order valence-corrected chi connectivity index (χ0v) is 6.80. The van der Waals surface area contributed by atoms with Crippen molar-refractivity contribution >= 4 is 25.2 Å². The lowest BCUT2D eigenvalue weighted by molar-refractivity contribution is 0.101. The highest BCUT2D eigenvalue weighted by molar-refractivity contribution is 6.28. The number of Topliss-reactive ketones (excluding diaryl/α,β-unsaturated/α-hetero) is 1. The second kappa shape index (κ2) is 3.48. The van der Waals surface area contributed by atoms with Crippen LogP contribution in [0.5, 0.6) is 0 Å². The van der Waals surface area contributed by atoms with Crippen molar-refractivity contribution in [3.63, 3.8) is 0 Å². The summed E-state index contributed by atoms with van der Waals surface area (Å²) in [4.78, 5) is 18.4. The van der Waals surface area contributed by atoms with E-state index < -0.39 is 0 Å². The lowest BCUT2D eigenvalue weighted by Gasteiger charge is -1.94. The molecule has 1 aromatic rings. The molecule has 0 spiro atoms. The molecule has 0 saturated heterocycles. The number of carbonyl (C=O) groups excluding carboxylic acids is 1. The van der Waals surface area contributed by atoms with E-state index in [9.17, 15) is 4.79 Å². The van der Waals surface area contributed by atoms with E-state index in [-0.39, 0.29) is 11.1 Å². The van der Waals surface area contributed by atoms with E-state index in [4.69, 9.17) is 11.6 Å². The van der Waals surface area contributed by atoms with Crippen molar-refractivity contribution in [2.75, 3.05) is 0 Å². The predicted octanol–water partition coefficient (Wildman–Crippen LogP) is 0.364. The molecule has 0 amide bonds. The van der Waals surface area contributed by atoms with Gasteiger partial charge in [0.25, 0.3) is 0 Å². The van der Waals surface area contributed by atoms with Crippen LogP contribution >= 0.6 is 11.6 Å². The molecule has 0 fully saturated rings. The Morgan fingerprint density at radius 2 is 2.45 bits per heavy atom. The predicted molar refractivity (Wildman–Crippen MR) is 44.7 cm³/mol. The molecule has 0 saturated carbocycles. The molecule has 5 heteroatoms. The minimum Gasteiger partial charge on any atom is -0.293 e. The molecule has 1 aromatic heterocycles. The summed E-state index contributed by atoms with van der Waals surface area (Å²) in [6.45, 7) is 0. The molecular formula is C6H6BClN2O. The van der Waals surface area contributed by atoms with Gasteiger partial charge in [-0.05, 0) is 24.0 Å². The highest BCUT2D eigenvalue weighted by Crippen LogP contribution is 2.02. The van der Waals surface area contributed by atoms with Gasteiger partial charge in [0.05, 0.1) is 0 Å². The lowest BCUT2D eigenvalue weighted by Crippen LogP contribution is -2.01. The Kier molecular flexibility index (Phi) is 2.60. The van der Waals surface area contributed by atoms with Crippen LogP contribution in [0.1, 0.15) is 10.5 Å². The van der Waals surface area contributed by atoms with Gasteiger partial charge < -0.3 is 0 Å². The van der Waals surface area contributed by atoms with Crippen molar-refractivity contribution in [2.45, 2.75) is 6.32 Å². The van der Waals surface area contributed by atoms with E-state index in [1.54, 1.807) is 13.9 Å². The van der Waals surface area contributed by atoms with Gasteiger partial charge in [0.1, 0.15) is 13.5 Å². The first kappa shape index (κ1) is 8.20. The quantitative estimate of drug-likeness (QED) is 0.364. The van der Waals surface area contributed by atoms with E-state index in [0.717, 1.165) is 0 Å². The van der Waals surface area contributed by atoms with Crippen LogP contribution in [0.15, 0.2) is 12.3 Å². The van der Waals surface area contributed by atoms with Crippen LogP contribution in [-0.2, 0) is 0 Å². The van der Waals surface area contributed by atoms with Crippen molar-refractivity contribution in [1.29, 1.82) is 0 Å². The Morgan fingerprint density at radius 1 is 1.73 bits per heavy atom. The molecule has 3 nitrogen and oxygen atoms in total. The van der Waals surface area contributed by atoms with E-state index in [1.165, 1.54) is 6.20 Å². The highest BCUT2D eigenvalue weighted by atomic mass is 35.5. The number of halogens is 1. The van der Waals surface area contributed by atoms with Crippen molar-refractivity contribution in [3.8, 4) is 0 Å². The highest BCUT2D eigenvalue weighted by Gasteiger charge is 2.03. The Bertz CT molecular complexity index is 279. The zero-order chi connectivity index (χ0) is 8.27. The van der Waals surface area contributed by atoms with Crippen LogP contribution in [0.4, 0.5) is 0 Å². The first-order valence-electron chi connectivity index (χ1n) is 3.25. The molecule has 0 aliphatic rings. The smallest absolute Gasteiger partial charge is 0.222 e. The molecule has 0 aromatic carbocycles. The molecule has 0 radical (unpaired) electrons. The largest absolute Gasteiger partial charge is 0.293 e. The first-order valence-corrected chi connectivity index (χ1v) is 3.63. The van der Waals surface area contributed by atoms with Gasteiger partial charge >= 0.3 is 0 Å². The average molecular weight is 168 g/mol. The van der Waals surface area contributed by atoms with Crippen molar-refractivity contribution in [2.24, 2.45) is 0 Å². The van der Waals surface area contributed by atoms with E-state index in [2.05, 4.69) is 9.97 Å². The number of carbonyl (C=O) groups is 1. The van der Waals surface area contributed by atoms with E-state index in [0.29, 0.717) is 12.0 Å². The topological polar surface area (TPSA) is 42.9 Å². The summed E-state index contributed by atoms with van der Waals surface area (Å²) in [5.41, 5.74) is 0.382. The fourth-order valence-electron chi connectivity index (χ4n) is 0.671. The van der Waals surface area contributed by atoms with Crippen LogP contribution in [0.25, 0.3) is 0 Å². The van der Waals surface area contributed by atoms with Crippen LogP contribution < -0.4 is 0 Å². The second-order valence-corrected chi connectivity index (χ2v) is 2.33. The molecule has 0 bridgehead atoms. The van der Waals surface area contributed by atoms with Gasteiger partial charge in [-0.3, -0.25) is 4.79 Å². The normalized spacial score (nSPS) is 9.55. The Balaban J connectivity index is 2.96. The van der Waals surface area contributed by atoms with Crippen molar-refractivity contribution in [1.82, 2.24) is 9.97 Å². The van der Waals surface area contributed by atoms with Gasteiger partial charge in [0.15, 0.2) is 5.78 Å². The summed E-state index contributed by atoms with van der Waals surface area (Å²) in [5.74, 6) is -0.0192. The molecule has 0 aliphatic carbocycles. The van der Waals surface area contributed by atoms with Gasteiger partial charge in [-0.25, -0.2) is 9.97 Å². The summed E-state index contributed by atoms with van der Waals surface area (Å²) in [6.07, 6.45) is 1.91. The summed E-state index contributed by atoms with van der Waals surface area (Å²) < 4.78 is 0. The third-order valence-electron chi connectivity index (χ3n) is 1.23. The number of aromatic nitrogens is 2. The maximum atomic E-state index is 11.0. The zero-order valence-electron chi connectivity index (χ0n) is 6.04. The second-order valence-electron chi connectivity index (χ2n) is 1.99. The molecule has 0 unspecified atom stereocenters. The summed E-state index contributed by atoms with van der Waals surface area (Å²) in [6, 6.07) is 1.55. The van der Waals surface area contributed by atoms with Gasteiger partial charge in [-0.15, -0.1) is 0 Å². The van der Waals surface area contributed by atoms with E-state index >= 15 is 0 Å². The van der Waals surface area contributed by atoms with Gasteiger partial charge in [0.2, 0.25) is 5.28 Å². The lowest BCUT2D eigenvalue weighted by atomic mass is 9.99. The summed E-state index contributed by atoms with van der Waals surface area (Å²) in [7, 11) is 1.78. The Labute approximate surface area is 70.2 Å². The molecular weight excluding hydrogens is 162 g/mol. The third kappa shape index (κ3) is 2.01. The van der Waals surface area contributed by atoms with Crippen LogP contribution in [0.2, 0.25) is 11.6 Å². The van der Waals surface area contributed by atoms with Crippen molar-refractivity contribution < 1.29 is 4.79 Å². The van der Waals surface area contributed by atoms with Crippen LogP contribution in [-0.4, -0.2) is 23.6 Å². The Morgan fingerprint density at radius 3 is 3.00 bits per heavy atom. The van der Waals surface area contributed by atoms with E-state index in [1.807, 2.05) is 0 Å². The molecule has 56 valence electrons. The average Bonchev–Trinajstić information content (AvgIpc) is 2.03. The minimum atomic E-state index is -0.0192. The minimum absolute atomic E-state index is 0.0192. The number of ketones is 1. The molecule has 11 heavy (non-hydrogen) atoms. The van der Waals surface area contributed by atoms with Crippen LogP contribution in [0.3, 0.4) is 0 Å². The standard InChI is InChI=1S/C6H6BClN2O/c7-3-5(11)4-1-2-9-6(8)10-4/h1-2H,3,7H2. The van der Waals surface area contributed by atoms with Gasteiger partial charge in [0, 0.05) is 6.20 Å². The maximum Gasteiger partial charge on any atom is 0.222 e. The van der Waals surface area contributed by atoms with Gasteiger partial charge in [-0.1, -0.05) is 0 Å². The Hall–Kier alpha value is -0.895. The third-order valence-corrected chi connectivity index (χ3v) is 1.42. The monoisotopic (exact) mass is 168 g/mol. The fraction of sp³-hybridized carbons (Fsp3) is 0.167. The molecule has 0 atom stereocenters. The summed E-state index contributed by atoms with van der Waals surface area (Å²) in [5, 5.41) is 0.115. The molecule has 0 aliphatic heterocycles. The molecule has 1 heterocycles. The number of rotatable bonds is 2. The molecule has 1 rings (SSSR count). The first-order chi connectivity index (χ1) is 5.24. The SMILES string of the molecule is BCC(=O)c1ccnc(Cl)n1. The van der Waals surface area contributed by atoms with Crippen molar-refractivity contribution in [3.05, 3.63) is 23.2 Å². The van der Waals surface area contributed by atoms with Gasteiger partial charge in [-0.2, -0.15) is 0 Å². The number of hydrogen-bond acceptors (Lipinski definition) is 3. The number of hydrogen-bond donors (Lipinski definition) is 0. The number of nitrogens with zero attached hydrogens (tertiary/aromatic N) is 2. The molecule has 0 N–H and O–H groups in total. The summed E-state index contributed by atoms with van der Waals surface area (Å²) >= 11 is 5.47. The fourth-order valence-corrected chi connectivity index (χ4v) is 0.819. The maximum absolute atomic E-state index is 11.0. The van der Waals surface area contributed by atoms with Crippen LogP contribution in [0, 0.1) is 0 Å².